The van der Waals surface area contributed by atoms with Crippen molar-refractivity contribution < 1.29 is 19.0 Å². The van der Waals surface area contributed by atoms with Crippen molar-refractivity contribution >= 4 is 39.9 Å². The summed E-state index contributed by atoms with van der Waals surface area (Å²) in [5, 5.41) is 11.9. The van der Waals surface area contributed by atoms with Crippen LogP contribution in [0.1, 0.15) is 36.2 Å². The van der Waals surface area contributed by atoms with Gasteiger partial charge in [0.1, 0.15) is 30.0 Å². The van der Waals surface area contributed by atoms with Crippen molar-refractivity contribution in [2.45, 2.75) is 31.8 Å². The lowest BCUT2D eigenvalue weighted by atomic mass is 9.90. The number of rotatable bonds is 9. The van der Waals surface area contributed by atoms with E-state index in [2.05, 4.69) is 9.88 Å². The second kappa shape index (κ2) is 11.5. The van der Waals surface area contributed by atoms with Gasteiger partial charge in [0.2, 0.25) is 0 Å². The van der Waals surface area contributed by atoms with Crippen molar-refractivity contribution in [3.05, 3.63) is 70.1 Å². The van der Waals surface area contributed by atoms with Gasteiger partial charge in [-0.15, -0.1) is 0 Å². The molecule has 1 atom stereocenters. The minimum atomic E-state index is -0.675. The van der Waals surface area contributed by atoms with Gasteiger partial charge >= 0.3 is 0 Å². The van der Waals surface area contributed by atoms with Gasteiger partial charge in [0.05, 0.1) is 10.5 Å². The molecule has 0 saturated carbocycles. The number of hydrogen-bond donors (Lipinski definition) is 1. The molecule has 0 amide bonds. The van der Waals surface area contributed by atoms with E-state index < -0.39 is 11.9 Å². The predicted molar refractivity (Wildman–Crippen MR) is 132 cm³/mol. The second-order valence-corrected chi connectivity index (χ2v) is 9.62. The molecule has 5 nitrogen and oxygen atoms in total. The summed E-state index contributed by atoms with van der Waals surface area (Å²) in [5.41, 5.74) is 1.27. The Labute approximate surface area is 208 Å². The van der Waals surface area contributed by atoms with Crippen LogP contribution in [0.4, 0.5) is 4.39 Å². The number of carbonyl (C=O) groups excluding carboxylic acids is 1. The van der Waals surface area contributed by atoms with Crippen molar-refractivity contribution in [1.29, 1.82) is 0 Å². The topological polar surface area (TPSA) is 62.7 Å². The van der Waals surface area contributed by atoms with Crippen LogP contribution in [0.3, 0.4) is 0 Å². The smallest absolute Gasteiger partial charge is 0.181 e. The van der Waals surface area contributed by atoms with Crippen LogP contribution < -0.4 is 4.74 Å². The number of aliphatic hydroxyl groups excluding tert-OH is 1. The molecular weight excluding hydrogens is 478 g/mol. The molecular formula is C26H27Cl2FN2O3. The highest BCUT2D eigenvalue weighted by atomic mass is 35.5. The normalized spacial score (nSPS) is 16.0. The molecule has 34 heavy (non-hydrogen) atoms. The average Bonchev–Trinajstić information content (AvgIpc) is 2.84. The van der Waals surface area contributed by atoms with Gasteiger partial charge in [-0.25, -0.2) is 9.37 Å². The Morgan fingerprint density at radius 1 is 1.15 bits per heavy atom. The first kappa shape index (κ1) is 24.9. The maximum atomic E-state index is 13.5. The molecule has 0 aliphatic carbocycles. The van der Waals surface area contributed by atoms with Crippen molar-refractivity contribution in [2.24, 2.45) is 5.92 Å². The molecule has 8 heteroatoms. The lowest BCUT2D eigenvalue weighted by Gasteiger charge is -2.33. The first-order chi connectivity index (χ1) is 16.4. The van der Waals surface area contributed by atoms with E-state index in [1.807, 2.05) is 18.2 Å². The Morgan fingerprint density at radius 2 is 1.94 bits per heavy atom. The number of ether oxygens (including phenoxy) is 1. The SMILES string of the molecule is O=C(CCC1CCN(CC(O)COc2ccc(Cl)c(F)c2)CC1)c1ccc2cc(Cl)ccc2n1. The Morgan fingerprint density at radius 3 is 2.71 bits per heavy atom. The quantitative estimate of drug-likeness (QED) is 0.373. The highest BCUT2D eigenvalue weighted by molar-refractivity contribution is 6.31. The molecule has 1 fully saturated rings. The number of likely N-dealkylation sites (tertiary alicyclic amines) is 1. The van der Waals surface area contributed by atoms with Crippen LogP contribution in [0.5, 0.6) is 5.75 Å². The number of piperidine rings is 1. The number of Topliss-reactive ketones (excluding diaryl/α,β-unsaturated/α-hetero) is 1. The third kappa shape index (κ3) is 6.66. The van der Waals surface area contributed by atoms with E-state index in [0.717, 1.165) is 43.3 Å². The monoisotopic (exact) mass is 504 g/mol. The van der Waals surface area contributed by atoms with Gasteiger partial charge < -0.3 is 14.7 Å². The van der Waals surface area contributed by atoms with Crippen molar-refractivity contribution in [1.82, 2.24) is 9.88 Å². The summed E-state index contributed by atoms with van der Waals surface area (Å²) < 4.78 is 19.0. The largest absolute Gasteiger partial charge is 0.491 e. The molecule has 1 unspecified atom stereocenters. The van der Waals surface area contributed by atoms with E-state index in [4.69, 9.17) is 27.9 Å². The predicted octanol–water partition coefficient (Wildman–Crippen LogP) is 5.80. The zero-order valence-electron chi connectivity index (χ0n) is 18.7. The Bertz CT molecular complexity index is 1150. The summed E-state index contributed by atoms with van der Waals surface area (Å²) in [6.45, 7) is 2.30. The summed E-state index contributed by atoms with van der Waals surface area (Å²) in [7, 11) is 0. The van der Waals surface area contributed by atoms with Gasteiger partial charge in [-0.05, 0) is 74.7 Å². The van der Waals surface area contributed by atoms with Crippen LogP contribution in [0.15, 0.2) is 48.5 Å². The Kier molecular flexibility index (Phi) is 8.37. The molecule has 3 aromatic rings. The second-order valence-electron chi connectivity index (χ2n) is 8.78. The minimum absolute atomic E-state index is 0.0383. The maximum Gasteiger partial charge on any atom is 0.181 e. The fraction of sp³-hybridized carbons (Fsp3) is 0.385. The van der Waals surface area contributed by atoms with E-state index in [-0.39, 0.29) is 17.4 Å². The first-order valence-electron chi connectivity index (χ1n) is 11.4. The first-order valence-corrected chi connectivity index (χ1v) is 12.2. The summed E-state index contributed by atoms with van der Waals surface area (Å²) in [6, 6.07) is 13.3. The number of nitrogens with zero attached hydrogens (tertiary/aromatic N) is 2. The summed E-state index contributed by atoms with van der Waals surface area (Å²) >= 11 is 11.7. The summed E-state index contributed by atoms with van der Waals surface area (Å²) in [4.78, 5) is 19.3. The lowest BCUT2D eigenvalue weighted by Crippen LogP contribution is -2.40. The zero-order chi connectivity index (χ0) is 24.1. The molecule has 0 bridgehead atoms. The highest BCUT2D eigenvalue weighted by Crippen LogP contribution is 2.24. The molecule has 1 N–H and O–H groups in total. The number of fused-ring (bicyclic) bond motifs is 1. The van der Waals surface area contributed by atoms with E-state index in [9.17, 15) is 14.3 Å². The number of aromatic nitrogens is 1. The molecule has 2 heterocycles. The number of ketones is 1. The van der Waals surface area contributed by atoms with Gasteiger partial charge in [-0.1, -0.05) is 29.3 Å². The highest BCUT2D eigenvalue weighted by Gasteiger charge is 2.22. The molecule has 4 rings (SSSR count). The average molecular weight is 505 g/mol. The Hall–Kier alpha value is -2.25. The summed E-state index contributed by atoms with van der Waals surface area (Å²) in [5.74, 6) is 0.333. The van der Waals surface area contributed by atoms with E-state index in [1.54, 1.807) is 18.2 Å². The number of carbonyl (C=O) groups is 1. The molecule has 1 aliphatic rings. The van der Waals surface area contributed by atoms with Crippen LogP contribution in [0.2, 0.25) is 10.0 Å². The van der Waals surface area contributed by atoms with E-state index in [1.165, 1.54) is 12.1 Å². The molecule has 1 aliphatic heterocycles. The third-order valence-electron chi connectivity index (χ3n) is 6.23. The van der Waals surface area contributed by atoms with E-state index >= 15 is 0 Å². The van der Waals surface area contributed by atoms with Crippen LogP contribution in [0, 0.1) is 11.7 Å². The van der Waals surface area contributed by atoms with Crippen molar-refractivity contribution in [3.63, 3.8) is 0 Å². The molecule has 0 radical (unpaired) electrons. The number of halogens is 3. The molecule has 1 saturated heterocycles. The molecule has 0 spiro atoms. The van der Waals surface area contributed by atoms with Crippen LogP contribution >= 0.6 is 23.2 Å². The molecule has 180 valence electrons. The van der Waals surface area contributed by atoms with Crippen molar-refractivity contribution in [2.75, 3.05) is 26.2 Å². The third-order valence-corrected chi connectivity index (χ3v) is 6.77. The van der Waals surface area contributed by atoms with Gasteiger partial charge in [0, 0.05) is 29.4 Å². The van der Waals surface area contributed by atoms with Crippen LogP contribution in [0.25, 0.3) is 10.9 Å². The van der Waals surface area contributed by atoms with Crippen LogP contribution in [-0.4, -0.2) is 53.1 Å². The fourth-order valence-corrected chi connectivity index (χ4v) is 4.58. The summed E-state index contributed by atoms with van der Waals surface area (Å²) in [6.07, 6.45) is 2.59. The lowest BCUT2D eigenvalue weighted by molar-refractivity contribution is 0.0540. The fourth-order valence-electron chi connectivity index (χ4n) is 4.28. The minimum Gasteiger partial charge on any atom is -0.491 e. The number of pyridine rings is 1. The molecule has 2 aromatic carbocycles. The zero-order valence-corrected chi connectivity index (χ0v) is 20.2. The van der Waals surface area contributed by atoms with E-state index in [0.29, 0.717) is 35.3 Å². The van der Waals surface area contributed by atoms with Gasteiger partial charge in [-0.2, -0.15) is 0 Å². The number of hydrogen-bond acceptors (Lipinski definition) is 5. The molecule has 1 aromatic heterocycles. The maximum absolute atomic E-state index is 13.5. The number of benzene rings is 2. The van der Waals surface area contributed by atoms with Crippen LogP contribution in [-0.2, 0) is 0 Å². The van der Waals surface area contributed by atoms with Crippen molar-refractivity contribution in [3.8, 4) is 5.75 Å². The van der Waals surface area contributed by atoms with Gasteiger partial charge in [-0.3, -0.25) is 4.79 Å². The Balaban J connectivity index is 1.17. The number of aliphatic hydroxyl groups is 1. The van der Waals surface area contributed by atoms with Gasteiger partial charge in [0.25, 0.3) is 0 Å². The standard InChI is InChI=1S/C26H27Cl2FN2O3/c27-19-3-7-24-18(13-19)2-6-25(30-24)26(33)8-1-17-9-11-31(12-10-17)15-20(32)16-34-21-4-5-22(28)23(29)14-21/h2-7,13-14,17,20,32H,1,8-12,15-16H2. The number of β-amino-alcohol motifs (C(OH)–C–C–N with tert-alkyl or cyclic N) is 1. The van der Waals surface area contributed by atoms with Gasteiger partial charge in [0.15, 0.2) is 5.78 Å².